The highest BCUT2D eigenvalue weighted by molar-refractivity contribution is 5.66. The topological polar surface area (TPSA) is 76.0 Å². The lowest BCUT2D eigenvalue weighted by Crippen LogP contribution is -2.21. The van der Waals surface area contributed by atoms with Gasteiger partial charge in [0.25, 0.3) is 0 Å². The number of benzene rings is 1. The van der Waals surface area contributed by atoms with Gasteiger partial charge in [-0.1, -0.05) is 36.4 Å². The molecule has 5 heteroatoms. The van der Waals surface area contributed by atoms with Crippen molar-refractivity contribution < 1.29 is 24.5 Å². The van der Waals surface area contributed by atoms with Crippen molar-refractivity contribution in [1.82, 2.24) is 0 Å². The standard InChI is InChI=1S/C24H32O5/c25-20(17-28-21-7-2-1-3-8-21)13-11-19-12-15-23-22(19)14-10-18(16-29-23)6-4-5-9-24(26)27/h1-3,7-8,10-11,13,19-20,22-23,25H,4-6,9,12,14-17H2,(H,26,27)/b13-11+/t19-,20+,22+,23-/m0/s1. The van der Waals surface area contributed by atoms with E-state index in [9.17, 15) is 9.90 Å². The number of aliphatic hydroxyl groups is 1. The molecule has 0 bridgehead atoms. The van der Waals surface area contributed by atoms with Crippen molar-refractivity contribution >= 4 is 5.97 Å². The van der Waals surface area contributed by atoms with E-state index in [-0.39, 0.29) is 19.1 Å². The lowest BCUT2D eigenvalue weighted by molar-refractivity contribution is -0.137. The van der Waals surface area contributed by atoms with Crippen LogP contribution in [0.2, 0.25) is 0 Å². The van der Waals surface area contributed by atoms with Crippen molar-refractivity contribution in [3.63, 3.8) is 0 Å². The zero-order chi connectivity index (χ0) is 20.5. The first kappa shape index (κ1) is 21.6. The first-order chi connectivity index (χ1) is 14.1. The number of aliphatic hydroxyl groups excluding tert-OH is 1. The number of carboxylic acids is 1. The third-order valence-electron chi connectivity index (χ3n) is 5.86. The van der Waals surface area contributed by atoms with E-state index in [0.717, 1.165) is 37.9 Å². The van der Waals surface area contributed by atoms with Gasteiger partial charge in [-0.05, 0) is 68.1 Å². The van der Waals surface area contributed by atoms with Gasteiger partial charge in [0.1, 0.15) is 18.5 Å². The lowest BCUT2D eigenvalue weighted by Gasteiger charge is -2.20. The highest BCUT2D eigenvalue weighted by Gasteiger charge is 2.36. The van der Waals surface area contributed by atoms with Gasteiger partial charge in [-0.3, -0.25) is 4.79 Å². The fourth-order valence-corrected chi connectivity index (χ4v) is 4.24. The molecule has 0 amide bonds. The number of aliphatic carboxylic acids is 1. The Morgan fingerprint density at radius 3 is 2.86 bits per heavy atom. The molecular formula is C24H32O5. The van der Waals surface area contributed by atoms with Crippen LogP contribution in [-0.4, -0.2) is 41.6 Å². The molecule has 1 heterocycles. The molecule has 158 valence electrons. The molecule has 1 fully saturated rings. The van der Waals surface area contributed by atoms with Crippen LogP contribution in [0.25, 0.3) is 0 Å². The molecule has 1 aromatic carbocycles. The smallest absolute Gasteiger partial charge is 0.303 e. The Hall–Kier alpha value is -2.11. The molecule has 2 N–H and O–H groups in total. The molecule has 29 heavy (non-hydrogen) atoms. The molecule has 3 rings (SSSR count). The molecule has 0 saturated heterocycles. The Bertz CT molecular complexity index is 696. The predicted molar refractivity (Wildman–Crippen MR) is 112 cm³/mol. The van der Waals surface area contributed by atoms with Crippen molar-refractivity contribution in [2.24, 2.45) is 11.8 Å². The minimum Gasteiger partial charge on any atom is -0.491 e. The second kappa shape index (κ2) is 11.2. The number of fused-ring (bicyclic) bond motifs is 1. The summed E-state index contributed by atoms with van der Waals surface area (Å²) in [7, 11) is 0. The summed E-state index contributed by atoms with van der Waals surface area (Å²) in [5.74, 6) is 0.898. The summed E-state index contributed by atoms with van der Waals surface area (Å²) in [6, 6.07) is 9.52. The average Bonchev–Trinajstić information content (AvgIpc) is 3.00. The van der Waals surface area contributed by atoms with Crippen LogP contribution in [0.1, 0.15) is 44.9 Å². The largest absolute Gasteiger partial charge is 0.491 e. The monoisotopic (exact) mass is 400 g/mol. The lowest BCUT2D eigenvalue weighted by atomic mass is 9.90. The highest BCUT2D eigenvalue weighted by atomic mass is 16.5. The van der Waals surface area contributed by atoms with Crippen molar-refractivity contribution in [2.45, 2.75) is 57.2 Å². The SMILES string of the molecule is O=C(O)CCCCC1=CC[C@H]2[C@H](CC[C@@H]2/C=C/[C@@H](O)COc2ccccc2)OC1. The summed E-state index contributed by atoms with van der Waals surface area (Å²) in [6.45, 7) is 0.913. The molecule has 2 aliphatic rings. The second-order valence-corrected chi connectivity index (χ2v) is 8.03. The molecule has 1 aromatic rings. The first-order valence-corrected chi connectivity index (χ1v) is 10.7. The van der Waals surface area contributed by atoms with E-state index in [2.05, 4.69) is 12.2 Å². The summed E-state index contributed by atoms with van der Waals surface area (Å²) >= 11 is 0. The Morgan fingerprint density at radius 1 is 1.24 bits per heavy atom. The average molecular weight is 401 g/mol. The van der Waals surface area contributed by atoms with Crippen LogP contribution in [0.3, 0.4) is 0 Å². The summed E-state index contributed by atoms with van der Waals surface area (Å²) in [5, 5.41) is 19.0. The quantitative estimate of drug-likeness (QED) is 0.451. The Kier molecular flexibility index (Phi) is 8.32. The molecule has 0 spiro atoms. The zero-order valence-corrected chi connectivity index (χ0v) is 16.9. The third kappa shape index (κ3) is 7.02. The number of ether oxygens (including phenoxy) is 2. The van der Waals surface area contributed by atoms with Crippen molar-refractivity contribution in [3.8, 4) is 5.75 Å². The van der Waals surface area contributed by atoms with Crippen LogP contribution >= 0.6 is 0 Å². The number of rotatable bonds is 10. The second-order valence-electron chi connectivity index (χ2n) is 8.03. The Balaban J connectivity index is 1.45. The van der Waals surface area contributed by atoms with Crippen LogP contribution < -0.4 is 4.74 Å². The molecular weight excluding hydrogens is 368 g/mol. The van der Waals surface area contributed by atoms with E-state index in [4.69, 9.17) is 14.6 Å². The molecule has 0 unspecified atom stereocenters. The van der Waals surface area contributed by atoms with Gasteiger partial charge in [0, 0.05) is 6.42 Å². The van der Waals surface area contributed by atoms with E-state index in [1.807, 2.05) is 36.4 Å². The van der Waals surface area contributed by atoms with E-state index in [1.165, 1.54) is 5.57 Å². The number of allylic oxidation sites excluding steroid dienone is 2. The van der Waals surface area contributed by atoms with E-state index in [1.54, 1.807) is 0 Å². The van der Waals surface area contributed by atoms with Crippen LogP contribution in [0, 0.1) is 11.8 Å². The predicted octanol–water partition coefficient (Wildman–Crippen LogP) is 4.37. The van der Waals surface area contributed by atoms with Crippen LogP contribution in [0.4, 0.5) is 0 Å². The van der Waals surface area contributed by atoms with Gasteiger partial charge in [0.2, 0.25) is 0 Å². The Morgan fingerprint density at radius 2 is 2.07 bits per heavy atom. The minimum atomic E-state index is -0.725. The maximum atomic E-state index is 10.6. The van der Waals surface area contributed by atoms with E-state index in [0.29, 0.717) is 24.9 Å². The number of hydrogen-bond donors (Lipinski definition) is 2. The van der Waals surface area contributed by atoms with E-state index < -0.39 is 12.1 Å². The van der Waals surface area contributed by atoms with Gasteiger partial charge in [-0.25, -0.2) is 0 Å². The first-order valence-electron chi connectivity index (χ1n) is 10.7. The summed E-state index contributed by atoms with van der Waals surface area (Å²) in [6.07, 6.45) is 11.8. The van der Waals surface area contributed by atoms with Crippen LogP contribution in [-0.2, 0) is 9.53 Å². The Labute approximate surface area is 173 Å². The highest BCUT2D eigenvalue weighted by Crippen LogP contribution is 2.40. The van der Waals surface area contributed by atoms with Gasteiger partial charge in [-0.15, -0.1) is 0 Å². The maximum Gasteiger partial charge on any atom is 0.303 e. The number of para-hydroxylation sites is 1. The third-order valence-corrected chi connectivity index (χ3v) is 5.86. The van der Waals surface area contributed by atoms with Crippen molar-refractivity contribution in [1.29, 1.82) is 0 Å². The maximum absolute atomic E-state index is 10.6. The van der Waals surface area contributed by atoms with Gasteiger partial charge in [-0.2, -0.15) is 0 Å². The molecule has 1 aliphatic carbocycles. The van der Waals surface area contributed by atoms with Crippen LogP contribution in [0.5, 0.6) is 5.75 Å². The van der Waals surface area contributed by atoms with Crippen molar-refractivity contribution in [3.05, 3.63) is 54.1 Å². The molecule has 1 aliphatic heterocycles. The van der Waals surface area contributed by atoms with E-state index >= 15 is 0 Å². The fraction of sp³-hybridized carbons (Fsp3) is 0.542. The summed E-state index contributed by atoms with van der Waals surface area (Å²) in [4.78, 5) is 10.6. The zero-order valence-electron chi connectivity index (χ0n) is 16.9. The number of carboxylic acid groups (broad SMARTS) is 1. The van der Waals surface area contributed by atoms with Gasteiger partial charge >= 0.3 is 5.97 Å². The fourth-order valence-electron chi connectivity index (χ4n) is 4.24. The van der Waals surface area contributed by atoms with Crippen molar-refractivity contribution in [2.75, 3.05) is 13.2 Å². The van der Waals surface area contributed by atoms with Crippen LogP contribution in [0.15, 0.2) is 54.1 Å². The molecule has 0 radical (unpaired) electrons. The number of unbranched alkanes of at least 4 members (excludes halogenated alkanes) is 1. The number of hydrogen-bond acceptors (Lipinski definition) is 4. The minimum absolute atomic E-state index is 0.239. The normalized spacial score (nSPS) is 25.3. The molecule has 5 nitrogen and oxygen atoms in total. The molecule has 0 aromatic heterocycles. The summed E-state index contributed by atoms with van der Waals surface area (Å²) in [5.41, 5.74) is 1.30. The van der Waals surface area contributed by atoms with Gasteiger partial charge in [0.05, 0.1) is 12.7 Å². The molecule has 1 saturated carbocycles. The summed E-state index contributed by atoms with van der Waals surface area (Å²) < 4.78 is 11.8. The van der Waals surface area contributed by atoms with Gasteiger partial charge < -0.3 is 19.7 Å². The number of carbonyl (C=O) groups is 1. The van der Waals surface area contributed by atoms with Gasteiger partial charge in [0.15, 0.2) is 0 Å². The molecule has 4 atom stereocenters.